The van der Waals surface area contributed by atoms with Crippen molar-refractivity contribution >= 4 is 27.5 Å². The second-order valence-electron chi connectivity index (χ2n) is 2.97. The van der Waals surface area contributed by atoms with Crippen LogP contribution < -0.4 is 5.43 Å². The third kappa shape index (κ3) is 3.65. The van der Waals surface area contributed by atoms with Gasteiger partial charge >= 0.3 is 0 Å². The van der Waals surface area contributed by atoms with E-state index >= 15 is 0 Å². The summed E-state index contributed by atoms with van der Waals surface area (Å²) < 4.78 is 1.01. The Morgan fingerprint density at radius 1 is 1.46 bits per heavy atom. The number of nitrogens with zero attached hydrogens (tertiary/aromatic N) is 1. The molecule has 0 aliphatic carbocycles. The average molecular weight is 264 g/mol. The van der Waals surface area contributed by atoms with Crippen molar-refractivity contribution in [1.82, 2.24) is 10.4 Å². The van der Waals surface area contributed by atoms with Crippen molar-refractivity contribution in [2.24, 2.45) is 0 Å². The highest BCUT2D eigenvalue weighted by molar-refractivity contribution is 9.10. The van der Waals surface area contributed by atoms with Crippen LogP contribution in [0.5, 0.6) is 0 Å². The van der Waals surface area contributed by atoms with Gasteiger partial charge in [0.1, 0.15) is 0 Å². The fraction of sp³-hybridized carbons (Fsp3) is 0.333. The summed E-state index contributed by atoms with van der Waals surface area (Å²) in [5, 5.41) is 2.68. The number of rotatable bonds is 3. The molecule has 0 aliphatic heterocycles. The molecule has 0 aromatic heterocycles. The molecule has 0 unspecified atom stereocenters. The molecule has 1 aromatic carbocycles. The molecular weight excluding hydrogens is 251 g/mol. The maximum atomic E-state index is 6.02. The maximum Gasteiger partial charge on any atom is 0.0462 e. The molecule has 1 rings (SSSR count). The third-order valence-corrected chi connectivity index (χ3v) is 2.45. The van der Waals surface area contributed by atoms with Crippen LogP contribution in [0.15, 0.2) is 22.7 Å². The van der Waals surface area contributed by atoms with Crippen molar-refractivity contribution in [2.75, 3.05) is 14.1 Å². The first-order valence-corrected chi connectivity index (χ1v) is 5.11. The highest BCUT2D eigenvalue weighted by atomic mass is 79.9. The molecule has 72 valence electrons. The van der Waals surface area contributed by atoms with E-state index < -0.39 is 0 Å². The summed E-state index contributed by atoms with van der Waals surface area (Å²) in [6.45, 7) is 0.749. The first kappa shape index (κ1) is 11.0. The lowest BCUT2D eigenvalue weighted by Crippen LogP contribution is -2.29. The SMILES string of the molecule is CN(C)NCc1ccc(Br)cc1Cl. The Labute approximate surface area is 92.0 Å². The van der Waals surface area contributed by atoms with Crippen LogP contribution in [0.1, 0.15) is 5.56 Å². The summed E-state index contributed by atoms with van der Waals surface area (Å²) in [5.74, 6) is 0. The van der Waals surface area contributed by atoms with E-state index in [1.54, 1.807) is 0 Å². The van der Waals surface area contributed by atoms with Crippen LogP contribution in [0.25, 0.3) is 0 Å². The van der Waals surface area contributed by atoms with Crippen LogP contribution in [0.2, 0.25) is 5.02 Å². The summed E-state index contributed by atoms with van der Waals surface area (Å²) >= 11 is 9.39. The van der Waals surface area contributed by atoms with Crippen molar-refractivity contribution in [3.8, 4) is 0 Å². The van der Waals surface area contributed by atoms with Gasteiger partial charge in [-0.05, 0) is 17.7 Å². The molecule has 0 fully saturated rings. The molecule has 2 nitrogen and oxygen atoms in total. The molecule has 0 atom stereocenters. The van der Waals surface area contributed by atoms with Crippen LogP contribution in [0, 0.1) is 0 Å². The molecule has 0 radical (unpaired) electrons. The van der Waals surface area contributed by atoms with Crippen LogP contribution in [0.4, 0.5) is 0 Å². The summed E-state index contributed by atoms with van der Waals surface area (Å²) in [6, 6.07) is 5.88. The highest BCUT2D eigenvalue weighted by Gasteiger charge is 2.00. The predicted molar refractivity (Wildman–Crippen MR) is 59.7 cm³/mol. The van der Waals surface area contributed by atoms with Gasteiger partial charge in [-0.3, -0.25) is 10.4 Å². The van der Waals surface area contributed by atoms with E-state index in [1.165, 1.54) is 0 Å². The van der Waals surface area contributed by atoms with E-state index in [1.807, 2.05) is 37.3 Å². The van der Waals surface area contributed by atoms with Crippen LogP contribution in [-0.4, -0.2) is 19.1 Å². The quantitative estimate of drug-likeness (QED) is 0.844. The Bertz CT molecular complexity index is 289. The minimum Gasteiger partial charge on any atom is -0.251 e. The molecule has 1 aromatic rings. The van der Waals surface area contributed by atoms with Gasteiger partial charge in [0.25, 0.3) is 0 Å². The number of benzene rings is 1. The maximum absolute atomic E-state index is 6.02. The Hall–Kier alpha value is -0.0900. The van der Waals surface area contributed by atoms with E-state index in [4.69, 9.17) is 11.6 Å². The third-order valence-electron chi connectivity index (χ3n) is 1.60. The lowest BCUT2D eigenvalue weighted by atomic mass is 10.2. The molecule has 13 heavy (non-hydrogen) atoms. The summed E-state index contributed by atoms with van der Waals surface area (Å²) in [7, 11) is 3.90. The van der Waals surface area contributed by atoms with Crippen molar-refractivity contribution in [2.45, 2.75) is 6.54 Å². The zero-order valence-electron chi connectivity index (χ0n) is 7.64. The number of halogens is 2. The van der Waals surface area contributed by atoms with Crippen LogP contribution >= 0.6 is 27.5 Å². The topological polar surface area (TPSA) is 15.3 Å². The van der Waals surface area contributed by atoms with Gasteiger partial charge in [-0.25, -0.2) is 0 Å². The molecule has 0 heterocycles. The highest BCUT2D eigenvalue weighted by Crippen LogP contribution is 2.20. The zero-order valence-corrected chi connectivity index (χ0v) is 9.98. The zero-order chi connectivity index (χ0) is 9.84. The van der Waals surface area contributed by atoms with Gasteiger partial charge in [0.15, 0.2) is 0 Å². The Morgan fingerprint density at radius 2 is 2.15 bits per heavy atom. The molecule has 0 amide bonds. The lowest BCUT2D eigenvalue weighted by molar-refractivity contribution is 0.286. The smallest absolute Gasteiger partial charge is 0.0462 e. The molecular formula is C9H12BrClN2. The number of hydrogen-bond acceptors (Lipinski definition) is 2. The first-order valence-electron chi connectivity index (χ1n) is 3.94. The fourth-order valence-corrected chi connectivity index (χ4v) is 1.65. The van der Waals surface area contributed by atoms with Crippen molar-refractivity contribution in [3.63, 3.8) is 0 Å². The van der Waals surface area contributed by atoms with Crippen molar-refractivity contribution in [3.05, 3.63) is 33.3 Å². The van der Waals surface area contributed by atoms with Crippen molar-refractivity contribution < 1.29 is 0 Å². The fourth-order valence-electron chi connectivity index (χ4n) is 0.908. The van der Waals surface area contributed by atoms with E-state index in [2.05, 4.69) is 21.4 Å². The molecule has 4 heteroatoms. The minimum absolute atomic E-state index is 0.749. The molecule has 0 saturated heterocycles. The second-order valence-corrected chi connectivity index (χ2v) is 4.29. The minimum atomic E-state index is 0.749. The molecule has 0 spiro atoms. The van der Waals surface area contributed by atoms with Gasteiger partial charge < -0.3 is 0 Å². The van der Waals surface area contributed by atoms with E-state index in [0.717, 1.165) is 21.6 Å². The van der Waals surface area contributed by atoms with Gasteiger partial charge in [0.05, 0.1) is 0 Å². The molecule has 1 N–H and O–H groups in total. The van der Waals surface area contributed by atoms with E-state index in [0.29, 0.717) is 0 Å². The largest absolute Gasteiger partial charge is 0.251 e. The van der Waals surface area contributed by atoms with Crippen LogP contribution in [0.3, 0.4) is 0 Å². The van der Waals surface area contributed by atoms with Gasteiger partial charge in [-0.1, -0.05) is 33.6 Å². The molecule has 0 bridgehead atoms. The second kappa shape index (κ2) is 4.96. The van der Waals surface area contributed by atoms with Crippen molar-refractivity contribution in [1.29, 1.82) is 0 Å². The van der Waals surface area contributed by atoms with Gasteiger partial charge in [0, 0.05) is 30.1 Å². The Kier molecular flexibility index (Phi) is 4.19. The van der Waals surface area contributed by atoms with Gasteiger partial charge in [-0.15, -0.1) is 0 Å². The monoisotopic (exact) mass is 262 g/mol. The Morgan fingerprint density at radius 3 is 2.69 bits per heavy atom. The lowest BCUT2D eigenvalue weighted by Gasteiger charge is -2.12. The first-order chi connectivity index (χ1) is 6.09. The van der Waals surface area contributed by atoms with Gasteiger partial charge in [0.2, 0.25) is 0 Å². The van der Waals surface area contributed by atoms with E-state index in [9.17, 15) is 0 Å². The standard InChI is InChI=1S/C9H12BrClN2/c1-13(2)12-6-7-3-4-8(10)5-9(7)11/h3-5,12H,6H2,1-2H3. The molecule has 0 saturated carbocycles. The number of hydrogen-bond donors (Lipinski definition) is 1. The average Bonchev–Trinajstić information content (AvgIpc) is 2.02. The summed E-state index contributed by atoms with van der Waals surface area (Å²) in [6.07, 6.45) is 0. The normalized spacial score (nSPS) is 10.8. The van der Waals surface area contributed by atoms with Gasteiger partial charge in [-0.2, -0.15) is 0 Å². The molecule has 0 aliphatic rings. The summed E-state index contributed by atoms with van der Waals surface area (Å²) in [4.78, 5) is 0. The number of nitrogens with one attached hydrogen (secondary N) is 1. The van der Waals surface area contributed by atoms with Crippen LogP contribution in [-0.2, 0) is 6.54 Å². The Balaban J connectivity index is 2.67. The number of hydrazine groups is 1. The summed E-state index contributed by atoms with van der Waals surface area (Å²) in [5.41, 5.74) is 4.25. The van der Waals surface area contributed by atoms with E-state index in [-0.39, 0.29) is 0 Å². The predicted octanol–water partition coefficient (Wildman–Crippen LogP) is 2.67.